The van der Waals surface area contributed by atoms with Crippen LogP contribution >= 0.6 is 0 Å². The molecule has 8 nitrogen and oxygen atoms in total. The zero-order valence-corrected chi connectivity index (χ0v) is 20.0. The highest BCUT2D eigenvalue weighted by atomic mass is 19.1. The fourth-order valence-electron chi connectivity index (χ4n) is 4.64. The van der Waals surface area contributed by atoms with Crippen molar-refractivity contribution < 1.29 is 18.8 Å². The summed E-state index contributed by atoms with van der Waals surface area (Å²) in [5.74, 6) is -1.01. The van der Waals surface area contributed by atoms with E-state index in [1.165, 1.54) is 17.0 Å². The SMILES string of the molecule is CCc1ccccc1NC(=O)C[C@@H]1C(=O)NCCN1C(=O)CN1CCN(c2ccc(F)cc2)CC1. The molecule has 35 heavy (non-hydrogen) atoms. The Bertz CT molecular complexity index is 1050. The first-order chi connectivity index (χ1) is 16.9. The number of amides is 3. The van der Waals surface area contributed by atoms with E-state index in [9.17, 15) is 18.8 Å². The normalized spacial score (nSPS) is 18.8. The van der Waals surface area contributed by atoms with Crippen LogP contribution in [0.25, 0.3) is 0 Å². The van der Waals surface area contributed by atoms with Crippen molar-refractivity contribution in [3.05, 3.63) is 59.9 Å². The molecule has 2 aromatic carbocycles. The molecule has 0 unspecified atom stereocenters. The van der Waals surface area contributed by atoms with Crippen LogP contribution in [0.2, 0.25) is 0 Å². The molecule has 3 amide bonds. The van der Waals surface area contributed by atoms with Gasteiger partial charge in [-0.15, -0.1) is 0 Å². The number of nitrogens with zero attached hydrogens (tertiary/aromatic N) is 3. The molecule has 9 heteroatoms. The quantitative estimate of drug-likeness (QED) is 0.631. The van der Waals surface area contributed by atoms with E-state index in [-0.39, 0.29) is 36.5 Å². The molecule has 4 rings (SSSR count). The van der Waals surface area contributed by atoms with Gasteiger partial charge >= 0.3 is 0 Å². The molecular formula is C26H32FN5O3. The third kappa shape index (κ3) is 6.16. The Labute approximate surface area is 205 Å². The average Bonchev–Trinajstić information content (AvgIpc) is 2.86. The molecule has 2 saturated heterocycles. The molecule has 1 atom stereocenters. The summed E-state index contributed by atoms with van der Waals surface area (Å²) in [6.07, 6.45) is 0.688. The average molecular weight is 482 g/mol. The second-order valence-electron chi connectivity index (χ2n) is 8.90. The molecule has 0 spiro atoms. The lowest BCUT2D eigenvalue weighted by Gasteiger charge is -2.39. The zero-order chi connectivity index (χ0) is 24.8. The molecule has 0 aromatic heterocycles. The summed E-state index contributed by atoms with van der Waals surface area (Å²) in [6, 6.07) is 13.2. The molecular weight excluding hydrogens is 449 g/mol. The highest BCUT2D eigenvalue weighted by molar-refractivity contribution is 5.98. The van der Waals surface area contributed by atoms with Crippen LogP contribution in [0.15, 0.2) is 48.5 Å². The van der Waals surface area contributed by atoms with Gasteiger partial charge in [-0.25, -0.2) is 4.39 Å². The van der Waals surface area contributed by atoms with Crippen LogP contribution in [-0.2, 0) is 20.8 Å². The number of nitrogens with one attached hydrogen (secondary N) is 2. The van der Waals surface area contributed by atoms with Crippen molar-refractivity contribution >= 4 is 29.1 Å². The largest absolute Gasteiger partial charge is 0.369 e. The molecule has 2 N–H and O–H groups in total. The Morgan fingerprint density at radius 1 is 1.03 bits per heavy atom. The Morgan fingerprint density at radius 2 is 1.74 bits per heavy atom. The van der Waals surface area contributed by atoms with Crippen molar-refractivity contribution in [1.29, 1.82) is 0 Å². The minimum Gasteiger partial charge on any atom is -0.369 e. The molecule has 2 aromatic rings. The van der Waals surface area contributed by atoms with Gasteiger partial charge in [-0.3, -0.25) is 19.3 Å². The number of aryl methyl sites for hydroxylation is 1. The number of piperazine rings is 2. The highest BCUT2D eigenvalue weighted by Gasteiger charge is 2.35. The number of hydrogen-bond acceptors (Lipinski definition) is 5. The number of hydrogen-bond donors (Lipinski definition) is 2. The van der Waals surface area contributed by atoms with Crippen LogP contribution in [0.3, 0.4) is 0 Å². The third-order valence-electron chi connectivity index (χ3n) is 6.63. The topological polar surface area (TPSA) is 85.0 Å². The number of carbonyl (C=O) groups excluding carboxylic acids is 3. The molecule has 0 aliphatic carbocycles. The number of para-hydroxylation sites is 1. The second kappa shape index (κ2) is 11.3. The summed E-state index contributed by atoms with van der Waals surface area (Å²) in [6.45, 7) is 5.78. The third-order valence-corrected chi connectivity index (χ3v) is 6.63. The first-order valence-corrected chi connectivity index (χ1v) is 12.1. The van der Waals surface area contributed by atoms with Gasteiger partial charge in [0.25, 0.3) is 0 Å². The van der Waals surface area contributed by atoms with E-state index in [2.05, 4.69) is 20.4 Å². The summed E-state index contributed by atoms with van der Waals surface area (Å²) in [5.41, 5.74) is 2.70. The van der Waals surface area contributed by atoms with Gasteiger partial charge in [0.15, 0.2) is 0 Å². The summed E-state index contributed by atoms with van der Waals surface area (Å²) in [5, 5.41) is 5.68. The van der Waals surface area contributed by atoms with Crippen LogP contribution in [-0.4, -0.2) is 79.4 Å². The van der Waals surface area contributed by atoms with Gasteiger partial charge in [-0.2, -0.15) is 0 Å². The van der Waals surface area contributed by atoms with Gasteiger partial charge in [0, 0.05) is 50.6 Å². The van der Waals surface area contributed by atoms with Gasteiger partial charge in [0.05, 0.1) is 13.0 Å². The summed E-state index contributed by atoms with van der Waals surface area (Å²) in [7, 11) is 0. The van der Waals surface area contributed by atoms with E-state index < -0.39 is 6.04 Å². The van der Waals surface area contributed by atoms with E-state index in [0.717, 1.165) is 36.4 Å². The molecule has 0 bridgehead atoms. The Balaban J connectivity index is 1.33. The van der Waals surface area contributed by atoms with E-state index in [1.807, 2.05) is 31.2 Å². The molecule has 0 saturated carbocycles. The van der Waals surface area contributed by atoms with E-state index in [4.69, 9.17) is 0 Å². The van der Waals surface area contributed by atoms with E-state index in [1.54, 1.807) is 12.1 Å². The second-order valence-corrected chi connectivity index (χ2v) is 8.90. The molecule has 186 valence electrons. The fourth-order valence-corrected chi connectivity index (χ4v) is 4.64. The minimum absolute atomic E-state index is 0.0893. The minimum atomic E-state index is -0.828. The van der Waals surface area contributed by atoms with Crippen molar-refractivity contribution in [3.63, 3.8) is 0 Å². The maximum atomic E-state index is 13.2. The Kier molecular flexibility index (Phi) is 7.97. The maximum absolute atomic E-state index is 13.2. The van der Waals surface area contributed by atoms with Crippen molar-refractivity contribution in [3.8, 4) is 0 Å². The van der Waals surface area contributed by atoms with Crippen LogP contribution in [0.4, 0.5) is 15.8 Å². The van der Waals surface area contributed by atoms with Gasteiger partial charge in [0.2, 0.25) is 17.7 Å². The summed E-state index contributed by atoms with van der Waals surface area (Å²) >= 11 is 0. The maximum Gasteiger partial charge on any atom is 0.243 e. The first-order valence-electron chi connectivity index (χ1n) is 12.1. The standard InChI is InChI=1S/C26H32FN5O3/c1-2-19-5-3-4-6-22(19)29-24(33)17-23-26(35)28-11-12-32(23)25(34)18-30-13-15-31(16-14-30)21-9-7-20(27)8-10-21/h3-10,23H,2,11-18H2,1H3,(H,28,35)(H,29,33)/t23-/m1/s1. The monoisotopic (exact) mass is 481 g/mol. The predicted molar refractivity (Wildman–Crippen MR) is 133 cm³/mol. The van der Waals surface area contributed by atoms with Crippen LogP contribution < -0.4 is 15.5 Å². The number of benzene rings is 2. The van der Waals surface area contributed by atoms with Crippen molar-refractivity contribution in [2.24, 2.45) is 0 Å². The predicted octanol–water partition coefficient (Wildman–Crippen LogP) is 1.87. The molecule has 2 aliphatic rings. The smallest absolute Gasteiger partial charge is 0.243 e. The lowest BCUT2D eigenvalue weighted by molar-refractivity contribution is -0.145. The fraction of sp³-hybridized carbons (Fsp3) is 0.423. The molecule has 0 radical (unpaired) electrons. The molecule has 2 fully saturated rings. The lowest BCUT2D eigenvalue weighted by Crippen LogP contribution is -2.60. The number of anilines is 2. The van der Waals surface area contributed by atoms with Gasteiger partial charge < -0.3 is 20.4 Å². The summed E-state index contributed by atoms with van der Waals surface area (Å²) in [4.78, 5) is 44.3. The zero-order valence-electron chi connectivity index (χ0n) is 20.0. The number of halogens is 1. The molecule has 2 aliphatic heterocycles. The summed E-state index contributed by atoms with van der Waals surface area (Å²) < 4.78 is 13.2. The van der Waals surface area contributed by atoms with Crippen LogP contribution in [0.5, 0.6) is 0 Å². The van der Waals surface area contributed by atoms with Gasteiger partial charge in [0.1, 0.15) is 11.9 Å². The van der Waals surface area contributed by atoms with Gasteiger partial charge in [-0.05, 0) is 42.3 Å². The van der Waals surface area contributed by atoms with Crippen molar-refractivity contribution in [2.45, 2.75) is 25.8 Å². The van der Waals surface area contributed by atoms with Crippen LogP contribution in [0, 0.1) is 5.82 Å². The van der Waals surface area contributed by atoms with E-state index >= 15 is 0 Å². The number of rotatable bonds is 7. The van der Waals surface area contributed by atoms with Crippen molar-refractivity contribution in [2.75, 3.05) is 56.0 Å². The van der Waals surface area contributed by atoms with E-state index in [0.29, 0.717) is 26.2 Å². The Morgan fingerprint density at radius 3 is 2.46 bits per heavy atom. The number of carbonyl (C=O) groups is 3. The van der Waals surface area contributed by atoms with Crippen molar-refractivity contribution in [1.82, 2.24) is 15.1 Å². The molecule has 2 heterocycles. The Hall–Kier alpha value is -3.46. The lowest BCUT2D eigenvalue weighted by atomic mass is 10.1. The first kappa shape index (κ1) is 24.7. The van der Waals surface area contributed by atoms with Crippen LogP contribution in [0.1, 0.15) is 18.9 Å². The highest BCUT2D eigenvalue weighted by Crippen LogP contribution is 2.19. The van der Waals surface area contributed by atoms with Gasteiger partial charge in [-0.1, -0.05) is 25.1 Å².